The molecule has 4 rings (SSSR count). The highest BCUT2D eigenvalue weighted by Crippen LogP contribution is 2.30. The number of hydrogen-bond donors (Lipinski definition) is 0. The van der Waals surface area contributed by atoms with Gasteiger partial charge in [0.25, 0.3) is 5.91 Å². The number of hydrogen-bond acceptors (Lipinski definition) is 3. The highest BCUT2D eigenvalue weighted by Gasteiger charge is 2.29. The summed E-state index contributed by atoms with van der Waals surface area (Å²) in [5.74, 6) is -0.616. The van der Waals surface area contributed by atoms with Gasteiger partial charge in [0.05, 0.1) is 17.8 Å². The van der Waals surface area contributed by atoms with Gasteiger partial charge in [0.15, 0.2) is 0 Å². The van der Waals surface area contributed by atoms with Crippen molar-refractivity contribution in [3.63, 3.8) is 0 Å². The lowest BCUT2D eigenvalue weighted by molar-refractivity contribution is 0.0597. The molecule has 0 radical (unpaired) electrons. The molecule has 0 atom stereocenters. The maximum Gasteiger partial charge on any atom is 0.257 e. The van der Waals surface area contributed by atoms with E-state index in [4.69, 9.17) is 0 Å². The summed E-state index contributed by atoms with van der Waals surface area (Å²) in [6, 6.07) is 12.7. The van der Waals surface area contributed by atoms with Crippen LogP contribution >= 0.6 is 0 Å². The molecule has 150 valence electrons. The fraction of sp³-hybridized carbons (Fsp3) is 0.273. The van der Waals surface area contributed by atoms with E-state index < -0.39 is 0 Å². The van der Waals surface area contributed by atoms with Gasteiger partial charge < -0.3 is 4.90 Å². The van der Waals surface area contributed by atoms with Crippen molar-refractivity contribution in [2.24, 2.45) is 7.05 Å². The van der Waals surface area contributed by atoms with Crippen LogP contribution in [0.1, 0.15) is 27.5 Å². The molecule has 1 saturated heterocycles. The molecule has 5 nitrogen and oxygen atoms in total. The molecule has 29 heavy (non-hydrogen) atoms. The fourth-order valence-electron chi connectivity index (χ4n) is 3.80. The number of halogens is 2. The molecule has 0 saturated carbocycles. The van der Waals surface area contributed by atoms with E-state index in [1.165, 1.54) is 24.3 Å². The molecule has 0 aliphatic carbocycles. The van der Waals surface area contributed by atoms with Gasteiger partial charge in [-0.1, -0.05) is 24.3 Å². The Bertz CT molecular complexity index is 931. The van der Waals surface area contributed by atoms with E-state index in [2.05, 4.69) is 10.00 Å². The van der Waals surface area contributed by atoms with Gasteiger partial charge in [0.1, 0.15) is 11.6 Å². The summed E-state index contributed by atoms with van der Waals surface area (Å²) in [5, 5.41) is 4.07. The lowest BCUT2D eigenvalue weighted by atomic mass is 9.96. The summed E-state index contributed by atoms with van der Waals surface area (Å²) in [6.45, 7) is 2.47. The number of amides is 1. The summed E-state index contributed by atoms with van der Waals surface area (Å²) < 4.78 is 28.5. The molecule has 2 heterocycles. The Hall–Kier alpha value is -3.06. The van der Waals surface area contributed by atoms with Gasteiger partial charge in [0.2, 0.25) is 0 Å². The van der Waals surface area contributed by atoms with Crippen LogP contribution in [0.4, 0.5) is 8.78 Å². The zero-order valence-electron chi connectivity index (χ0n) is 16.1. The van der Waals surface area contributed by atoms with Crippen LogP contribution in [0.2, 0.25) is 0 Å². The Kier molecular flexibility index (Phi) is 5.40. The van der Waals surface area contributed by atoms with Gasteiger partial charge >= 0.3 is 0 Å². The Morgan fingerprint density at radius 1 is 0.897 bits per heavy atom. The van der Waals surface area contributed by atoms with Crippen LogP contribution in [0, 0.1) is 11.6 Å². The third kappa shape index (κ3) is 4.19. The second-order valence-electron chi connectivity index (χ2n) is 7.24. The van der Waals surface area contributed by atoms with Crippen LogP contribution < -0.4 is 0 Å². The maximum absolute atomic E-state index is 13.4. The summed E-state index contributed by atoms with van der Waals surface area (Å²) in [4.78, 5) is 16.7. The monoisotopic (exact) mass is 396 g/mol. The van der Waals surface area contributed by atoms with Crippen molar-refractivity contribution in [3.05, 3.63) is 89.2 Å². The van der Waals surface area contributed by atoms with Crippen molar-refractivity contribution < 1.29 is 13.6 Å². The molecule has 3 aromatic rings. The van der Waals surface area contributed by atoms with Crippen LogP contribution in [0.15, 0.2) is 60.9 Å². The Labute approximate surface area is 168 Å². The van der Waals surface area contributed by atoms with E-state index >= 15 is 0 Å². The van der Waals surface area contributed by atoms with Crippen molar-refractivity contribution in [1.29, 1.82) is 0 Å². The van der Waals surface area contributed by atoms with Crippen molar-refractivity contribution in [3.8, 4) is 0 Å². The molecule has 0 spiro atoms. The van der Waals surface area contributed by atoms with Gasteiger partial charge in [-0.25, -0.2) is 8.78 Å². The van der Waals surface area contributed by atoms with Gasteiger partial charge in [-0.3, -0.25) is 14.4 Å². The minimum atomic E-state index is -0.293. The summed E-state index contributed by atoms with van der Waals surface area (Å²) in [6.07, 6.45) is 3.29. The number of carbonyl (C=O) groups excluding carboxylic acids is 1. The van der Waals surface area contributed by atoms with Gasteiger partial charge in [-0.05, 0) is 35.4 Å². The smallest absolute Gasteiger partial charge is 0.257 e. The first-order chi connectivity index (χ1) is 14.0. The number of benzene rings is 2. The van der Waals surface area contributed by atoms with E-state index in [9.17, 15) is 13.6 Å². The van der Waals surface area contributed by atoms with Crippen molar-refractivity contribution >= 4 is 5.91 Å². The zero-order valence-corrected chi connectivity index (χ0v) is 16.1. The lowest BCUT2D eigenvalue weighted by Crippen LogP contribution is -2.49. The molecule has 0 bridgehead atoms. The molecular formula is C22H22F2N4O. The molecule has 0 N–H and O–H groups in total. The van der Waals surface area contributed by atoms with E-state index in [1.807, 2.05) is 4.90 Å². The van der Waals surface area contributed by atoms with E-state index in [1.54, 1.807) is 48.4 Å². The van der Waals surface area contributed by atoms with E-state index in [0.717, 1.165) is 11.1 Å². The van der Waals surface area contributed by atoms with Crippen LogP contribution in [-0.4, -0.2) is 51.7 Å². The third-order valence-electron chi connectivity index (χ3n) is 5.29. The topological polar surface area (TPSA) is 41.4 Å². The molecule has 2 aromatic carbocycles. The first-order valence-electron chi connectivity index (χ1n) is 9.54. The first kappa shape index (κ1) is 19.3. The molecule has 1 aliphatic heterocycles. The van der Waals surface area contributed by atoms with Crippen LogP contribution in [-0.2, 0) is 7.05 Å². The molecule has 1 amide bonds. The standard InChI is InChI=1S/C22H22F2N4O/c1-26-15-18(14-25-26)22(29)28-12-10-27(11-13-28)21(16-2-6-19(23)7-3-16)17-4-8-20(24)9-5-17/h2-9,14-15,21H,10-13H2,1H3. The van der Waals surface area contributed by atoms with Crippen LogP contribution in [0.5, 0.6) is 0 Å². The SMILES string of the molecule is Cn1cc(C(=O)N2CCN(C(c3ccc(F)cc3)c3ccc(F)cc3)CC2)cn1. The van der Waals surface area contributed by atoms with Gasteiger partial charge in [-0.15, -0.1) is 0 Å². The fourth-order valence-corrected chi connectivity index (χ4v) is 3.80. The number of rotatable bonds is 4. The van der Waals surface area contributed by atoms with E-state index in [-0.39, 0.29) is 23.6 Å². The second-order valence-corrected chi connectivity index (χ2v) is 7.24. The normalized spacial score (nSPS) is 15.1. The highest BCUT2D eigenvalue weighted by molar-refractivity contribution is 5.93. The second kappa shape index (κ2) is 8.13. The molecular weight excluding hydrogens is 374 g/mol. The third-order valence-corrected chi connectivity index (χ3v) is 5.29. The highest BCUT2D eigenvalue weighted by atomic mass is 19.1. The summed E-state index contributed by atoms with van der Waals surface area (Å²) in [5.41, 5.74) is 2.45. The molecule has 1 aromatic heterocycles. The first-order valence-corrected chi connectivity index (χ1v) is 9.54. The van der Waals surface area contributed by atoms with Crippen molar-refractivity contribution in [1.82, 2.24) is 19.6 Å². The number of carbonyl (C=O) groups is 1. The predicted molar refractivity (Wildman–Crippen MR) is 105 cm³/mol. The van der Waals surface area contributed by atoms with E-state index in [0.29, 0.717) is 31.7 Å². The Morgan fingerprint density at radius 2 is 1.41 bits per heavy atom. The van der Waals surface area contributed by atoms with Crippen molar-refractivity contribution in [2.45, 2.75) is 6.04 Å². The Balaban J connectivity index is 1.54. The number of nitrogens with zero attached hydrogens (tertiary/aromatic N) is 4. The predicted octanol–water partition coefficient (Wildman–Crippen LogP) is 3.25. The number of piperazine rings is 1. The maximum atomic E-state index is 13.4. The quantitative estimate of drug-likeness (QED) is 0.680. The molecule has 7 heteroatoms. The van der Waals surface area contributed by atoms with Crippen LogP contribution in [0.3, 0.4) is 0 Å². The van der Waals surface area contributed by atoms with Crippen molar-refractivity contribution in [2.75, 3.05) is 26.2 Å². The summed E-state index contributed by atoms with van der Waals surface area (Å²) in [7, 11) is 1.78. The minimum absolute atomic E-state index is 0.0298. The average molecular weight is 396 g/mol. The minimum Gasteiger partial charge on any atom is -0.336 e. The zero-order chi connectivity index (χ0) is 20.4. The summed E-state index contributed by atoms with van der Waals surface area (Å²) >= 11 is 0. The molecule has 0 unspecified atom stereocenters. The number of aryl methyl sites for hydroxylation is 1. The Morgan fingerprint density at radius 3 is 1.86 bits per heavy atom. The molecule has 1 aliphatic rings. The van der Waals surface area contributed by atoms with Crippen LogP contribution in [0.25, 0.3) is 0 Å². The molecule has 1 fully saturated rings. The number of aromatic nitrogens is 2. The largest absolute Gasteiger partial charge is 0.336 e. The van der Waals surface area contributed by atoms with Gasteiger partial charge in [0, 0.05) is 39.4 Å². The van der Waals surface area contributed by atoms with Gasteiger partial charge in [-0.2, -0.15) is 5.10 Å². The average Bonchev–Trinajstić information content (AvgIpc) is 3.17. The lowest BCUT2D eigenvalue weighted by Gasteiger charge is -2.39.